The summed E-state index contributed by atoms with van der Waals surface area (Å²) < 4.78 is 21.0. The van der Waals surface area contributed by atoms with Gasteiger partial charge in [-0.1, -0.05) is 24.3 Å². The number of carbonyl (C=O) groups excluding carboxylic acids is 2. The van der Waals surface area contributed by atoms with Crippen LogP contribution in [0.15, 0.2) is 73.1 Å². The molecule has 0 unspecified atom stereocenters. The highest BCUT2D eigenvalue weighted by Gasteiger charge is 2.37. The first-order chi connectivity index (χ1) is 18.2. The second-order valence-corrected chi connectivity index (χ2v) is 9.62. The molecular weight excluding hydrogens is 487 g/mol. The van der Waals surface area contributed by atoms with Crippen LogP contribution in [0.1, 0.15) is 24.5 Å². The molecule has 0 aliphatic heterocycles. The number of pyridine rings is 2. The Morgan fingerprint density at radius 2 is 1.82 bits per heavy atom. The summed E-state index contributed by atoms with van der Waals surface area (Å²) in [4.78, 5) is 34.8. The molecule has 38 heavy (non-hydrogen) atoms. The summed E-state index contributed by atoms with van der Waals surface area (Å²) in [5.74, 6) is -1.52. The van der Waals surface area contributed by atoms with Gasteiger partial charge in [-0.15, -0.1) is 0 Å². The van der Waals surface area contributed by atoms with E-state index in [1.54, 1.807) is 45.0 Å². The highest BCUT2D eigenvalue weighted by atomic mass is 19.1. The molecule has 0 aliphatic rings. The van der Waals surface area contributed by atoms with Crippen molar-refractivity contribution in [1.29, 1.82) is 0 Å². The van der Waals surface area contributed by atoms with Crippen LogP contribution >= 0.6 is 0 Å². The van der Waals surface area contributed by atoms with Gasteiger partial charge in [-0.2, -0.15) is 0 Å². The summed E-state index contributed by atoms with van der Waals surface area (Å²) >= 11 is 0. The van der Waals surface area contributed by atoms with E-state index in [-0.39, 0.29) is 31.1 Å². The molecule has 196 valence electrons. The van der Waals surface area contributed by atoms with Crippen molar-refractivity contribution in [2.75, 3.05) is 14.1 Å². The number of para-hydroxylation sites is 1. The van der Waals surface area contributed by atoms with Gasteiger partial charge in [0.05, 0.1) is 16.6 Å². The summed E-state index contributed by atoms with van der Waals surface area (Å²) in [5.41, 5.74) is 4.24. The Kier molecular flexibility index (Phi) is 7.97. The van der Waals surface area contributed by atoms with Crippen LogP contribution in [-0.4, -0.2) is 46.0 Å². The van der Waals surface area contributed by atoms with E-state index >= 15 is 4.39 Å². The molecule has 4 rings (SSSR count). The maximum Gasteiger partial charge on any atom is 0.244 e. The van der Waals surface area contributed by atoms with Gasteiger partial charge in [0.15, 0.2) is 11.6 Å². The van der Waals surface area contributed by atoms with E-state index in [9.17, 15) is 9.59 Å². The van der Waals surface area contributed by atoms with Crippen LogP contribution in [0, 0.1) is 11.2 Å². The summed E-state index contributed by atoms with van der Waals surface area (Å²) in [5, 5.41) is 9.86. The lowest BCUT2D eigenvalue weighted by atomic mass is 9.79. The number of hydrogen-bond donors (Lipinski definition) is 2. The van der Waals surface area contributed by atoms with Gasteiger partial charge in [-0.25, -0.2) is 14.9 Å². The van der Waals surface area contributed by atoms with E-state index in [0.717, 1.165) is 27.7 Å². The molecule has 0 radical (unpaired) electrons. The van der Waals surface area contributed by atoms with Crippen LogP contribution in [0.3, 0.4) is 0 Å². The fraction of sp³-hybridized carbons (Fsp3) is 0.241. The quantitative estimate of drug-likeness (QED) is 0.250. The average molecular weight is 517 g/mol. The van der Waals surface area contributed by atoms with Crippen molar-refractivity contribution in [3.05, 3.63) is 90.0 Å². The van der Waals surface area contributed by atoms with Gasteiger partial charge < -0.3 is 9.64 Å². The number of rotatable bonds is 9. The predicted octanol–water partition coefficient (Wildman–Crippen LogP) is 4.55. The van der Waals surface area contributed by atoms with Gasteiger partial charge >= 0.3 is 0 Å². The largest absolute Gasteiger partial charge is 0.486 e. The minimum Gasteiger partial charge on any atom is -0.486 e. The Morgan fingerprint density at radius 1 is 1.08 bits per heavy atom. The first kappa shape index (κ1) is 26.7. The first-order valence-electron chi connectivity index (χ1n) is 12.0. The van der Waals surface area contributed by atoms with Crippen molar-refractivity contribution < 1.29 is 23.9 Å². The van der Waals surface area contributed by atoms with Gasteiger partial charge in [0, 0.05) is 49.4 Å². The zero-order valence-corrected chi connectivity index (χ0v) is 21.4. The Bertz CT molecular complexity index is 1460. The molecule has 2 aromatic carbocycles. The van der Waals surface area contributed by atoms with Gasteiger partial charge in [0.25, 0.3) is 0 Å². The number of hydrogen-bond acceptors (Lipinski definition) is 6. The van der Waals surface area contributed by atoms with Gasteiger partial charge in [-0.3, -0.25) is 19.8 Å². The van der Waals surface area contributed by atoms with E-state index in [0.29, 0.717) is 5.56 Å². The molecule has 2 amide bonds. The Labute approximate surface area is 220 Å². The van der Waals surface area contributed by atoms with E-state index in [4.69, 9.17) is 14.9 Å². The fourth-order valence-corrected chi connectivity index (χ4v) is 4.56. The fourth-order valence-electron chi connectivity index (χ4n) is 4.56. The first-order valence-corrected chi connectivity index (χ1v) is 12.0. The summed E-state index contributed by atoms with van der Waals surface area (Å²) in [7, 11) is 3.16. The van der Waals surface area contributed by atoms with E-state index in [1.807, 2.05) is 42.5 Å². The van der Waals surface area contributed by atoms with Crippen LogP contribution in [0.2, 0.25) is 0 Å². The molecule has 0 aliphatic carbocycles. The lowest BCUT2D eigenvalue weighted by molar-refractivity contribution is -0.144. The summed E-state index contributed by atoms with van der Waals surface area (Å²) in [6.45, 7) is 1.73. The number of halogens is 1. The van der Waals surface area contributed by atoms with Gasteiger partial charge in [-0.05, 0) is 55.3 Å². The third kappa shape index (κ3) is 5.95. The molecule has 0 bridgehead atoms. The standard InChI is InChI=1S/C29H29FN4O4/c1-29(17-27(35)33-37,28(36)34(2)3)16-19-8-9-26(23(30)14-19)38-18-21-15-25(20-10-12-31-13-11-20)32-24-7-5-4-6-22(21)24/h4-15,37H,16-18H2,1-3H3,(H,33,35)/t29-/m0/s1. The molecule has 2 aromatic heterocycles. The monoisotopic (exact) mass is 516 g/mol. The minimum atomic E-state index is -1.18. The van der Waals surface area contributed by atoms with Gasteiger partial charge in [0.1, 0.15) is 6.61 Å². The summed E-state index contributed by atoms with van der Waals surface area (Å²) in [6.07, 6.45) is 3.24. The lowest BCUT2D eigenvalue weighted by Crippen LogP contribution is -2.43. The number of carbonyl (C=O) groups is 2. The van der Waals surface area contributed by atoms with Crippen molar-refractivity contribution in [2.45, 2.75) is 26.4 Å². The van der Waals surface area contributed by atoms with Crippen LogP contribution in [-0.2, 0) is 22.6 Å². The SMILES string of the molecule is CN(C)C(=O)[C@](C)(CC(=O)NO)Cc1ccc(OCc2cc(-c3ccncc3)nc3ccccc23)c(F)c1. The maximum atomic E-state index is 15.1. The number of ether oxygens (including phenoxy) is 1. The molecule has 2 heterocycles. The van der Waals surface area contributed by atoms with E-state index in [2.05, 4.69) is 4.98 Å². The molecular formula is C29H29FN4O4. The molecule has 1 atom stereocenters. The van der Waals surface area contributed by atoms with Crippen molar-refractivity contribution in [2.24, 2.45) is 5.41 Å². The number of hydroxylamine groups is 1. The molecule has 0 fully saturated rings. The van der Waals surface area contributed by atoms with Crippen LogP contribution < -0.4 is 10.2 Å². The molecule has 0 saturated heterocycles. The number of nitrogens with one attached hydrogen (secondary N) is 1. The van der Waals surface area contributed by atoms with Crippen molar-refractivity contribution in [1.82, 2.24) is 20.3 Å². The summed E-state index contributed by atoms with van der Waals surface area (Å²) in [6, 6.07) is 17.9. The Hall–Kier alpha value is -4.37. The average Bonchev–Trinajstić information content (AvgIpc) is 2.92. The van der Waals surface area contributed by atoms with Crippen molar-refractivity contribution in [3.8, 4) is 17.0 Å². The number of benzene rings is 2. The normalized spacial score (nSPS) is 12.6. The van der Waals surface area contributed by atoms with Crippen LogP contribution in [0.25, 0.3) is 22.2 Å². The minimum absolute atomic E-state index is 0.0637. The molecule has 0 saturated carbocycles. The second-order valence-electron chi connectivity index (χ2n) is 9.62. The smallest absolute Gasteiger partial charge is 0.244 e. The zero-order valence-electron chi connectivity index (χ0n) is 21.4. The molecule has 8 nitrogen and oxygen atoms in total. The molecule has 2 N–H and O–H groups in total. The van der Waals surface area contributed by atoms with Crippen LogP contribution in [0.5, 0.6) is 5.75 Å². The number of aromatic nitrogens is 2. The predicted molar refractivity (Wildman–Crippen MR) is 141 cm³/mol. The highest BCUT2D eigenvalue weighted by Crippen LogP contribution is 2.31. The van der Waals surface area contributed by atoms with E-state index < -0.39 is 17.1 Å². The topological polar surface area (TPSA) is 105 Å². The third-order valence-corrected chi connectivity index (χ3v) is 6.35. The van der Waals surface area contributed by atoms with Crippen LogP contribution in [0.4, 0.5) is 4.39 Å². The highest BCUT2D eigenvalue weighted by molar-refractivity contribution is 5.88. The van der Waals surface area contributed by atoms with E-state index in [1.165, 1.54) is 17.0 Å². The number of amides is 2. The molecule has 4 aromatic rings. The second kappa shape index (κ2) is 11.4. The third-order valence-electron chi connectivity index (χ3n) is 6.35. The number of fused-ring (bicyclic) bond motifs is 1. The Morgan fingerprint density at radius 3 is 2.50 bits per heavy atom. The lowest BCUT2D eigenvalue weighted by Gasteiger charge is -2.30. The molecule has 0 spiro atoms. The van der Waals surface area contributed by atoms with Crippen molar-refractivity contribution in [3.63, 3.8) is 0 Å². The van der Waals surface area contributed by atoms with Gasteiger partial charge in [0.2, 0.25) is 11.8 Å². The molecule has 9 heteroatoms. The maximum absolute atomic E-state index is 15.1. The van der Waals surface area contributed by atoms with Crippen molar-refractivity contribution >= 4 is 22.7 Å². The Balaban J connectivity index is 1.57. The zero-order chi connectivity index (χ0) is 27.3. The number of nitrogens with zero attached hydrogens (tertiary/aromatic N) is 3.